The van der Waals surface area contributed by atoms with Crippen molar-refractivity contribution in [3.63, 3.8) is 0 Å². The van der Waals surface area contributed by atoms with Crippen LogP contribution in [0.25, 0.3) is 0 Å². The van der Waals surface area contributed by atoms with E-state index in [1.54, 1.807) is 6.26 Å². The number of nitrogens with one attached hydrogen (secondary N) is 1. The standard InChI is InChI=1S/C25H24ClN5O3.CH4S/c1-16(18-7-9-19(26)10-8-18)11-22-28-23(34-29-22)15-31-24(32)20-13-30(14-21(20)27-25(31)33)12-17-5-3-2-4-6-17;1-2/h2-10,16H,11-15H2,1H3,(H,27,33);2H,1H3. The summed E-state index contributed by atoms with van der Waals surface area (Å²) in [7, 11) is 0. The van der Waals surface area contributed by atoms with Crippen LogP contribution in [-0.2, 0) is 32.6 Å². The number of halogens is 1. The maximum Gasteiger partial charge on any atom is 0.329 e. The number of hydrogen-bond acceptors (Lipinski definition) is 7. The third kappa shape index (κ3) is 5.98. The smallest absolute Gasteiger partial charge is 0.329 e. The van der Waals surface area contributed by atoms with Gasteiger partial charge >= 0.3 is 5.69 Å². The highest BCUT2D eigenvalue weighted by Crippen LogP contribution is 2.22. The van der Waals surface area contributed by atoms with Gasteiger partial charge in [0.15, 0.2) is 5.82 Å². The van der Waals surface area contributed by atoms with E-state index in [4.69, 9.17) is 16.1 Å². The highest BCUT2D eigenvalue weighted by Gasteiger charge is 2.25. The summed E-state index contributed by atoms with van der Waals surface area (Å²) in [4.78, 5) is 35.2. The summed E-state index contributed by atoms with van der Waals surface area (Å²) in [6, 6.07) is 17.7. The second-order valence-corrected chi connectivity index (χ2v) is 9.11. The summed E-state index contributed by atoms with van der Waals surface area (Å²) in [6.07, 6.45) is 2.26. The Bertz CT molecular complexity index is 1420. The Morgan fingerprint density at radius 3 is 2.50 bits per heavy atom. The van der Waals surface area contributed by atoms with E-state index in [2.05, 4.69) is 39.6 Å². The molecule has 0 radical (unpaired) electrons. The molecule has 36 heavy (non-hydrogen) atoms. The number of aromatic amines is 1. The lowest BCUT2D eigenvalue weighted by Gasteiger charge is -2.13. The molecule has 4 aromatic rings. The van der Waals surface area contributed by atoms with E-state index in [-0.39, 0.29) is 23.9 Å². The maximum atomic E-state index is 13.1. The Morgan fingerprint density at radius 1 is 1.06 bits per heavy atom. The average molecular weight is 526 g/mol. The van der Waals surface area contributed by atoms with Gasteiger partial charge in [0.25, 0.3) is 5.56 Å². The number of benzene rings is 2. The first-order valence-corrected chi connectivity index (χ1v) is 12.9. The van der Waals surface area contributed by atoms with Crippen molar-refractivity contribution in [1.82, 2.24) is 24.6 Å². The molecule has 0 amide bonds. The highest BCUT2D eigenvalue weighted by atomic mass is 35.5. The summed E-state index contributed by atoms with van der Waals surface area (Å²) < 4.78 is 6.48. The molecule has 10 heteroatoms. The van der Waals surface area contributed by atoms with Crippen LogP contribution < -0.4 is 11.2 Å². The molecule has 0 spiro atoms. The molecule has 1 atom stereocenters. The molecule has 3 heterocycles. The van der Waals surface area contributed by atoms with Gasteiger partial charge in [-0.25, -0.2) is 4.79 Å². The van der Waals surface area contributed by atoms with Gasteiger partial charge in [-0.05, 0) is 35.4 Å². The third-order valence-corrected chi connectivity index (χ3v) is 6.37. The number of hydrogen-bond donors (Lipinski definition) is 2. The number of fused-ring (bicyclic) bond motifs is 1. The van der Waals surface area contributed by atoms with Gasteiger partial charge in [0.1, 0.15) is 6.54 Å². The lowest BCUT2D eigenvalue weighted by Crippen LogP contribution is -2.38. The molecule has 1 aliphatic rings. The monoisotopic (exact) mass is 525 g/mol. The number of rotatable bonds is 7. The topological polar surface area (TPSA) is 97.0 Å². The minimum absolute atomic E-state index is 0.0670. The molecule has 5 rings (SSSR count). The van der Waals surface area contributed by atoms with E-state index < -0.39 is 5.69 Å². The van der Waals surface area contributed by atoms with Gasteiger partial charge in [-0.2, -0.15) is 17.6 Å². The zero-order valence-corrected chi connectivity index (χ0v) is 21.8. The van der Waals surface area contributed by atoms with Crippen molar-refractivity contribution < 1.29 is 4.52 Å². The van der Waals surface area contributed by atoms with Crippen LogP contribution in [0.1, 0.15) is 46.9 Å². The van der Waals surface area contributed by atoms with Crippen LogP contribution in [0.15, 0.2) is 68.7 Å². The third-order valence-electron chi connectivity index (χ3n) is 6.11. The molecule has 2 aromatic heterocycles. The first kappa shape index (κ1) is 25.9. The molecule has 8 nitrogen and oxygen atoms in total. The van der Waals surface area contributed by atoms with Crippen molar-refractivity contribution in [3.05, 3.63) is 115 Å². The minimum atomic E-state index is -0.473. The molecule has 1 N–H and O–H groups in total. The molecular formula is C26H28ClN5O3S. The molecule has 0 saturated heterocycles. The van der Waals surface area contributed by atoms with Gasteiger partial charge in [0, 0.05) is 36.8 Å². The summed E-state index contributed by atoms with van der Waals surface area (Å²) >= 11 is 9.49. The van der Waals surface area contributed by atoms with E-state index in [1.165, 1.54) is 0 Å². The first-order valence-electron chi connectivity index (χ1n) is 11.6. The fourth-order valence-electron chi connectivity index (χ4n) is 4.31. The maximum absolute atomic E-state index is 13.1. The van der Waals surface area contributed by atoms with Crippen LogP contribution >= 0.6 is 24.2 Å². The molecule has 0 fully saturated rings. The van der Waals surface area contributed by atoms with Crippen LogP contribution in [0.4, 0.5) is 0 Å². The van der Waals surface area contributed by atoms with Crippen molar-refractivity contribution in [1.29, 1.82) is 0 Å². The fraction of sp³-hybridized carbons (Fsp3) is 0.308. The second kappa shape index (κ2) is 11.7. The van der Waals surface area contributed by atoms with Crippen molar-refractivity contribution in [2.75, 3.05) is 6.26 Å². The minimum Gasteiger partial charge on any atom is -0.337 e. The van der Waals surface area contributed by atoms with Crippen molar-refractivity contribution in [2.24, 2.45) is 0 Å². The van der Waals surface area contributed by atoms with E-state index >= 15 is 0 Å². The summed E-state index contributed by atoms with van der Waals surface area (Å²) in [5.41, 5.74) is 2.76. The summed E-state index contributed by atoms with van der Waals surface area (Å²) in [5, 5.41) is 4.72. The molecule has 0 bridgehead atoms. The van der Waals surface area contributed by atoms with Crippen LogP contribution in [0.3, 0.4) is 0 Å². The van der Waals surface area contributed by atoms with Gasteiger partial charge < -0.3 is 9.51 Å². The molecule has 188 valence electrons. The van der Waals surface area contributed by atoms with Crippen molar-refractivity contribution in [3.8, 4) is 0 Å². The lowest BCUT2D eigenvalue weighted by atomic mass is 9.98. The predicted molar refractivity (Wildman–Crippen MR) is 143 cm³/mol. The highest BCUT2D eigenvalue weighted by molar-refractivity contribution is 7.79. The Kier molecular flexibility index (Phi) is 8.45. The number of H-pyrrole nitrogens is 1. The largest absolute Gasteiger partial charge is 0.337 e. The molecule has 1 aliphatic heterocycles. The normalized spacial score (nSPS) is 13.7. The van der Waals surface area contributed by atoms with E-state index in [0.29, 0.717) is 48.2 Å². The van der Waals surface area contributed by atoms with E-state index in [9.17, 15) is 9.59 Å². The molecule has 1 unspecified atom stereocenters. The predicted octanol–water partition coefficient (Wildman–Crippen LogP) is 4.03. The molecular weight excluding hydrogens is 498 g/mol. The Labute approximate surface area is 219 Å². The SMILES string of the molecule is CC(Cc1noc(Cn2c(=O)[nH]c3c(c2=O)CN(Cc2ccccc2)C3)n1)c1ccc(Cl)cc1.CS. The Morgan fingerprint density at radius 2 is 1.78 bits per heavy atom. The van der Waals surface area contributed by atoms with Gasteiger partial charge in [-0.15, -0.1) is 0 Å². The second-order valence-electron chi connectivity index (χ2n) is 8.67. The van der Waals surface area contributed by atoms with Gasteiger partial charge in [0.05, 0.1) is 5.56 Å². The number of thiol groups is 1. The van der Waals surface area contributed by atoms with E-state index in [1.807, 2.05) is 54.6 Å². The zero-order chi connectivity index (χ0) is 25.7. The zero-order valence-electron chi connectivity index (χ0n) is 20.1. The summed E-state index contributed by atoms with van der Waals surface area (Å²) in [5.74, 6) is 0.909. The molecule has 0 aliphatic carbocycles. The molecule has 2 aromatic carbocycles. The van der Waals surface area contributed by atoms with E-state index in [0.717, 1.165) is 15.7 Å². The fourth-order valence-corrected chi connectivity index (χ4v) is 4.44. The van der Waals surface area contributed by atoms with Crippen molar-refractivity contribution >= 4 is 24.2 Å². The first-order chi connectivity index (χ1) is 17.5. The number of aromatic nitrogens is 4. The Balaban J connectivity index is 0.00000148. The van der Waals surface area contributed by atoms with Gasteiger partial charge in [-0.3, -0.25) is 14.3 Å². The number of nitrogens with zero attached hydrogens (tertiary/aromatic N) is 4. The Hall–Kier alpha value is -3.14. The van der Waals surface area contributed by atoms with Crippen LogP contribution in [0.2, 0.25) is 5.02 Å². The van der Waals surface area contributed by atoms with Crippen LogP contribution in [-0.4, -0.2) is 30.8 Å². The quantitative estimate of drug-likeness (QED) is 0.354. The van der Waals surface area contributed by atoms with Crippen LogP contribution in [0.5, 0.6) is 0 Å². The lowest BCUT2D eigenvalue weighted by molar-refractivity contribution is 0.273. The van der Waals surface area contributed by atoms with Gasteiger partial charge in [-0.1, -0.05) is 66.1 Å². The van der Waals surface area contributed by atoms with Crippen molar-refractivity contribution in [2.45, 2.75) is 45.4 Å². The van der Waals surface area contributed by atoms with Crippen LogP contribution in [0, 0.1) is 0 Å². The average Bonchev–Trinajstić information content (AvgIpc) is 3.50. The van der Waals surface area contributed by atoms with Gasteiger partial charge in [0.2, 0.25) is 5.89 Å². The molecule has 0 saturated carbocycles. The summed E-state index contributed by atoms with van der Waals surface area (Å²) in [6.45, 7) is 3.71.